The Morgan fingerprint density at radius 2 is 1.58 bits per heavy atom. The van der Waals surface area contributed by atoms with Gasteiger partial charge in [0.2, 0.25) is 5.71 Å². The largest absolute Gasteiger partial charge is 0.437 e. The molecule has 3 aromatic heterocycles. The zero-order valence-corrected chi connectivity index (χ0v) is 17.7. The van der Waals surface area contributed by atoms with Crippen molar-refractivity contribution in [1.82, 2.24) is 14.5 Å². The molecule has 150 valence electrons. The van der Waals surface area contributed by atoms with E-state index in [2.05, 4.69) is 84.9 Å². The van der Waals surface area contributed by atoms with Crippen molar-refractivity contribution in [1.29, 1.82) is 0 Å². The van der Waals surface area contributed by atoms with Crippen LogP contribution in [0.1, 0.15) is 16.7 Å². The van der Waals surface area contributed by atoms with Crippen LogP contribution < -0.4 is 0 Å². The van der Waals surface area contributed by atoms with Crippen LogP contribution in [0.15, 0.2) is 77.3 Å². The molecule has 0 aliphatic carbocycles. The quantitative estimate of drug-likeness (QED) is 0.315. The van der Waals surface area contributed by atoms with Gasteiger partial charge in [0, 0.05) is 17.0 Å². The van der Waals surface area contributed by atoms with Crippen LogP contribution in [-0.4, -0.2) is 14.5 Å². The predicted molar refractivity (Wildman–Crippen MR) is 126 cm³/mol. The van der Waals surface area contributed by atoms with Gasteiger partial charge in [-0.25, -0.2) is 9.97 Å². The Kier molecular flexibility index (Phi) is 3.78. The minimum atomic E-state index is 0.648. The number of benzene rings is 3. The van der Waals surface area contributed by atoms with Gasteiger partial charge in [0.1, 0.15) is 11.4 Å². The summed E-state index contributed by atoms with van der Waals surface area (Å²) in [5.74, 6) is 0.876. The minimum absolute atomic E-state index is 0.648. The van der Waals surface area contributed by atoms with Gasteiger partial charge in [0.25, 0.3) is 0 Å². The van der Waals surface area contributed by atoms with Crippen LogP contribution in [0.2, 0.25) is 0 Å². The lowest BCUT2D eigenvalue weighted by Gasteiger charge is -2.16. The van der Waals surface area contributed by atoms with Gasteiger partial charge in [-0.1, -0.05) is 42.0 Å². The first-order valence-electron chi connectivity index (χ1n) is 10.4. The Labute approximate surface area is 179 Å². The molecular formula is C27H21N3O. The van der Waals surface area contributed by atoms with Gasteiger partial charge in [0.05, 0.1) is 22.3 Å². The van der Waals surface area contributed by atoms with Crippen molar-refractivity contribution < 1.29 is 4.42 Å². The number of nitrogens with zero attached hydrogens (tertiary/aromatic N) is 3. The third-order valence-corrected chi connectivity index (χ3v) is 5.94. The van der Waals surface area contributed by atoms with Crippen LogP contribution in [0.4, 0.5) is 0 Å². The molecule has 0 aliphatic rings. The van der Waals surface area contributed by atoms with Gasteiger partial charge < -0.3 is 4.42 Å². The van der Waals surface area contributed by atoms with Crippen molar-refractivity contribution in [3.8, 4) is 17.1 Å². The molecule has 0 aliphatic heterocycles. The van der Waals surface area contributed by atoms with Crippen molar-refractivity contribution in [3.05, 3.63) is 89.6 Å². The SMILES string of the molecule is Cc1cc(C)c(-n2c(-c3cccc4c3oc3ncccc34)nc3ccccc32)c(C)c1. The number of fused-ring (bicyclic) bond motifs is 4. The lowest BCUT2D eigenvalue weighted by atomic mass is 10.0. The Morgan fingerprint density at radius 1 is 0.806 bits per heavy atom. The molecule has 6 rings (SSSR count). The van der Waals surface area contributed by atoms with E-state index < -0.39 is 0 Å². The third kappa shape index (κ3) is 2.61. The highest BCUT2D eigenvalue weighted by atomic mass is 16.3. The number of para-hydroxylation sites is 3. The zero-order chi connectivity index (χ0) is 21.1. The molecule has 0 N–H and O–H groups in total. The molecule has 31 heavy (non-hydrogen) atoms. The minimum Gasteiger partial charge on any atom is -0.437 e. The van der Waals surface area contributed by atoms with Gasteiger partial charge in [0.15, 0.2) is 0 Å². The molecule has 0 spiro atoms. The lowest BCUT2D eigenvalue weighted by Crippen LogP contribution is -2.03. The second-order valence-corrected chi connectivity index (χ2v) is 8.15. The molecule has 0 fully saturated rings. The maximum atomic E-state index is 6.24. The molecule has 0 radical (unpaired) electrons. The molecule has 4 nitrogen and oxygen atoms in total. The molecule has 0 amide bonds. The number of hydrogen-bond acceptors (Lipinski definition) is 3. The summed E-state index contributed by atoms with van der Waals surface area (Å²) in [6.45, 7) is 6.47. The highest BCUT2D eigenvalue weighted by Gasteiger charge is 2.21. The van der Waals surface area contributed by atoms with E-state index in [1.807, 2.05) is 12.1 Å². The molecule has 0 bridgehead atoms. The van der Waals surface area contributed by atoms with Crippen molar-refractivity contribution in [2.45, 2.75) is 20.8 Å². The summed E-state index contributed by atoms with van der Waals surface area (Å²) >= 11 is 0. The molecule has 4 heteroatoms. The average Bonchev–Trinajstić information content (AvgIpc) is 3.32. The third-order valence-electron chi connectivity index (χ3n) is 5.94. The van der Waals surface area contributed by atoms with Crippen LogP contribution in [-0.2, 0) is 0 Å². The molecule has 3 heterocycles. The number of hydrogen-bond donors (Lipinski definition) is 0. The smallest absolute Gasteiger partial charge is 0.227 e. The number of furan rings is 1. The van der Waals surface area contributed by atoms with Crippen LogP contribution in [0.5, 0.6) is 0 Å². The summed E-state index contributed by atoms with van der Waals surface area (Å²) in [5.41, 5.74) is 9.34. The predicted octanol–water partition coefficient (Wildman–Crippen LogP) is 6.91. The van der Waals surface area contributed by atoms with Crippen LogP contribution in [0, 0.1) is 20.8 Å². The highest BCUT2D eigenvalue weighted by molar-refractivity contribution is 6.08. The van der Waals surface area contributed by atoms with E-state index in [0.29, 0.717) is 5.71 Å². The van der Waals surface area contributed by atoms with Gasteiger partial charge in [-0.05, 0) is 62.2 Å². The Balaban J connectivity index is 1.76. The second-order valence-electron chi connectivity index (χ2n) is 8.15. The average molecular weight is 403 g/mol. The first-order chi connectivity index (χ1) is 15.1. The summed E-state index contributed by atoms with van der Waals surface area (Å²) in [6, 6.07) is 23.0. The van der Waals surface area contributed by atoms with E-state index in [1.54, 1.807) is 6.20 Å². The Bertz CT molecular complexity index is 1600. The number of pyridine rings is 1. The Hall–Kier alpha value is -3.92. The number of aryl methyl sites for hydroxylation is 3. The normalized spacial score (nSPS) is 11.7. The van der Waals surface area contributed by atoms with E-state index in [1.165, 1.54) is 22.4 Å². The number of imidazole rings is 1. The summed E-state index contributed by atoms with van der Waals surface area (Å²) in [6.07, 6.45) is 1.76. The van der Waals surface area contributed by atoms with Crippen LogP contribution in [0.3, 0.4) is 0 Å². The molecule has 6 aromatic rings. The summed E-state index contributed by atoms with van der Waals surface area (Å²) < 4.78 is 8.51. The van der Waals surface area contributed by atoms with Gasteiger partial charge in [-0.3, -0.25) is 4.57 Å². The fourth-order valence-corrected chi connectivity index (χ4v) is 4.77. The fraction of sp³-hybridized carbons (Fsp3) is 0.111. The van der Waals surface area contributed by atoms with E-state index in [-0.39, 0.29) is 0 Å². The van der Waals surface area contributed by atoms with Crippen molar-refractivity contribution in [2.24, 2.45) is 0 Å². The molecular weight excluding hydrogens is 382 g/mol. The number of rotatable bonds is 2. The van der Waals surface area contributed by atoms with Crippen LogP contribution in [0.25, 0.3) is 50.2 Å². The van der Waals surface area contributed by atoms with E-state index in [0.717, 1.165) is 38.8 Å². The fourth-order valence-electron chi connectivity index (χ4n) is 4.77. The van der Waals surface area contributed by atoms with Crippen molar-refractivity contribution in [3.63, 3.8) is 0 Å². The number of aromatic nitrogens is 3. The van der Waals surface area contributed by atoms with Crippen LogP contribution >= 0.6 is 0 Å². The van der Waals surface area contributed by atoms with Crippen molar-refractivity contribution >= 4 is 33.1 Å². The maximum absolute atomic E-state index is 6.24. The van der Waals surface area contributed by atoms with Gasteiger partial charge in [-0.15, -0.1) is 0 Å². The van der Waals surface area contributed by atoms with E-state index >= 15 is 0 Å². The van der Waals surface area contributed by atoms with Gasteiger partial charge in [-0.2, -0.15) is 0 Å². The molecule has 0 atom stereocenters. The molecule has 0 saturated heterocycles. The summed E-state index contributed by atoms with van der Waals surface area (Å²) in [7, 11) is 0. The topological polar surface area (TPSA) is 43.9 Å². The molecule has 0 saturated carbocycles. The summed E-state index contributed by atoms with van der Waals surface area (Å²) in [4.78, 5) is 9.49. The summed E-state index contributed by atoms with van der Waals surface area (Å²) in [5, 5.41) is 2.07. The molecule has 3 aromatic carbocycles. The van der Waals surface area contributed by atoms with Crippen molar-refractivity contribution in [2.75, 3.05) is 0 Å². The molecule has 0 unspecified atom stereocenters. The van der Waals surface area contributed by atoms with E-state index in [9.17, 15) is 0 Å². The van der Waals surface area contributed by atoms with Gasteiger partial charge >= 0.3 is 0 Å². The Morgan fingerprint density at radius 3 is 2.42 bits per heavy atom. The first kappa shape index (κ1) is 17.9. The standard InChI is InChI=1S/C27H21N3O/c1-16-14-17(2)24(18(3)15-16)30-23-12-5-4-11-22(23)29-26(30)21-9-6-8-19-20-10-7-13-28-27(20)31-25(19)21/h4-15H,1-3H3. The first-order valence-corrected chi connectivity index (χ1v) is 10.4. The second kappa shape index (κ2) is 6.54. The monoisotopic (exact) mass is 403 g/mol. The zero-order valence-electron chi connectivity index (χ0n) is 17.7. The van der Waals surface area contributed by atoms with E-state index in [4.69, 9.17) is 9.40 Å². The lowest BCUT2D eigenvalue weighted by molar-refractivity contribution is 0.654. The highest BCUT2D eigenvalue weighted by Crippen LogP contribution is 2.38. The maximum Gasteiger partial charge on any atom is 0.227 e.